The molecule has 1 rings (SSSR count). The van der Waals surface area contributed by atoms with Crippen molar-refractivity contribution in [2.75, 3.05) is 20.1 Å². The second kappa shape index (κ2) is 7.00. The van der Waals surface area contributed by atoms with Gasteiger partial charge in [-0.15, -0.1) is 0 Å². The summed E-state index contributed by atoms with van der Waals surface area (Å²) >= 11 is 6.21. The van der Waals surface area contributed by atoms with Gasteiger partial charge in [0.05, 0.1) is 0 Å². The fourth-order valence-electron chi connectivity index (χ4n) is 2.08. The van der Waals surface area contributed by atoms with Crippen LogP contribution in [-0.2, 0) is 0 Å². The number of hydrogen-bond acceptors (Lipinski definition) is 2. The summed E-state index contributed by atoms with van der Waals surface area (Å²) in [7, 11) is 2.14. The topological polar surface area (TPSA) is 29.3 Å². The first kappa shape index (κ1) is 14.5. The van der Waals surface area contributed by atoms with Crippen LogP contribution in [0.3, 0.4) is 0 Å². The van der Waals surface area contributed by atoms with Crippen LogP contribution in [-0.4, -0.2) is 25.0 Å². The average Bonchev–Trinajstić information content (AvgIpc) is 2.29. The third-order valence-electron chi connectivity index (χ3n) is 3.28. The Hall–Kier alpha value is -0.570. The highest BCUT2D eigenvalue weighted by molar-refractivity contribution is 6.31. The van der Waals surface area contributed by atoms with Crippen LogP contribution in [0.1, 0.15) is 31.9 Å². The van der Waals surface area contributed by atoms with Crippen LogP contribution in [0, 0.1) is 5.92 Å². The van der Waals surface area contributed by atoms with E-state index in [0.29, 0.717) is 12.0 Å². The largest absolute Gasteiger partial charge is 0.330 e. The van der Waals surface area contributed by atoms with Gasteiger partial charge in [0.1, 0.15) is 0 Å². The van der Waals surface area contributed by atoms with Crippen molar-refractivity contribution in [2.45, 2.75) is 26.3 Å². The minimum Gasteiger partial charge on any atom is -0.330 e. The molecule has 1 aromatic carbocycles. The van der Waals surface area contributed by atoms with E-state index in [2.05, 4.69) is 31.9 Å². The maximum Gasteiger partial charge on any atom is 0.0453 e. The molecule has 0 heterocycles. The molecule has 2 atom stereocenters. The molecule has 2 N–H and O–H groups in total. The molecule has 0 radical (unpaired) electrons. The van der Waals surface area contributed by atoms with Gasteiger partial charge in [0, 0.05) is 17.6 Å². The Labute approximate surface area is 110 Å². The lowest BCUT2D eigenvalue weighted by Gasteiger charge is -2.28. The summed E-state index contributed by atoms with van der Waals surface area (Å²) in [5, 5.41) is 0.846. The van der Waals surface area contributed by atoms with Gasteiger partial charge < -0.3 is 5.73 Å². The van der Waals surface area contributed by atoms with Crippen molar-refractivity contribution in [3.05, 3.63) is 34.9 Å². The first-order valence-electron chi connectivity index (χ1n) is 6.21. The molecule has 1 aromatic rings. The van der Waals surface area contributed by atoms with E-state index in [1.54, 1.807) is 0 Å². The maximum atomic E-state index is 6.21. The fourth-order valence-corrected chi connectivity index (χ4v) is 2.37. The summed E-state index contributed by atoms with van der Waals surface area (Å²) < 4.78 is 0. The molecular weight excluding hydrogens is 232 g/mol. The number of nitrogens with two attached hydrogens (primary N) is 1. The zero-order valence-corrected chi connectivity index (χ0v) is 11.7. The zero-order chi connectivity index (χ0) is 12.8. The standard InChI is InChI=1S/C14H23ClN2/c1-11(8-9-16)10-17(3)12(2)13-6-4-5-7-14(13)15/h4-7,11-12H,8-10,16H2,1-3H3. The van der Waals surface area contributed by atoms with Crippen LogP contribution >= 0.6 is 11.6 Å². The van der Waals surface area contributed by atoms with Gasteiger partial charge in [0.25, 0.3) is 0 Å². The predicted molar refractivity (Wildman–Crippen MR) is 75.3 cm³/mol. The molecule has 0 bridgehead atoms. The van der Waals surface area contributed by atoms with Crippen molar-refractivity contribution in [1.82, 2.24) is 4.90 Å². The van der Waals surface area contributed by atoms with Gasteiger partial charge in [-0.2, -0.15) is 0 Å². The van der Waals surface area contributed by atoms with E-state index >= 15 is 0 Å². The fraction of sp³-hybridized carbons (Fsp3) is 0.571. The average molecular weight is 255 g/mol. The van der Waals surface area contributed by atoms with Crippen LogP contribution in [0.25, 0.3) is 0 Å². The SMILES string of the molecule is CC(CCN)CN(C)C(C)c1ccccc1Cl. The molecule has 0 aliphatic heterocycles. The van der Waals surface area contributed by atoms with Gasteiger partial charge in [-0.3, -0.25) is 4.90 Å². The van der Waals surface area contributed by atoms with Gasteiger partial charge in [0.2, 0.25) is 0 Å². The van der Waals surface area contributed by atoms with Gasteiger partial charge in [-0.1, -0.05) is 36.7 Å². The van der Waals surface area contributed by atoms with Crippen molar-refractivity contribution < 1.29 is 0 Å². The predicted octanol–water partition coefficient (Wildman–Crippen LogP) is 3.32. The highest BCUT2D eigenvalue weighted by Gasteiger charge is 2.15. The number of hydrogen-bond donors (Lipinski definition) is 1. The highest BCUT2D eigenvalue weighted by Crippen LogP contribution is 2.26. The Kier molecular flexibility index (Phi) is 5.96. The maximum absolute atomic E-state index is 6.21. The van der Waals surface area contributed by atoms with Crippen LogP contribution in [0.2, 0.25) is 5.02 Å². The van der Waals surface area contributed by atoms with E-state index < -0.39 is 0 Å². The number of benzene rings is 1. The Balaban J connectivity index is 2.63. The quantitative estimate of drug-likeness (QED) is 0.844. The Morgan fingerprint density at radius 3 is 2.53 bits per heavy atom. The summed E-state index contributed by atoms with van der Waals surface area (Å²) in [6.07, 6.45) is 1.07. The molecule has 2 unspecified atom stereocenters. The monoisotopic (exact) mass is 254 g/mol. The number of halogens is 1. The molecule has 0 spiro atoms. The van der Waals surface area contributed by atoms with Crippen molar-refractivity contribution in [2.24, 2.45) is 11.7 Å². The van der Waals surface area contributed by atoms with Gasteiger partial charge in [0.15, 0.2) is 0 Å². The number of rotatable bonds is 6. The lowest BCUT2D eigenvalue weighted by atomic mass is 10.0. The summed E-state index contributed by atoms with van der Waals surface area (Å²) in [4.78, 5) is 2.33. The minimum atomic E-state index is 0.337. The van der Waals surface area contributed by atoms with Crippen LogP contribution < -0.4 is 5.73 Å². The molecule has 0 aliphatic rings. The molecule has 0 aliphatic carbocycles. The summed E-state index contributed by atoms with van der Waals surface area (Å²) in [5.74, 6) is 0.620. The molecular formula is C14H23ClN2. The van der Waals surface area contributed by atoms with Crippen LogP contribution in [0.4, 0.5) is 0 Å². The van der Waals surface area contributed by atoms with E-state index in [4.69, 9.17) is 17.3 Å². The van der Waals surface area contributed by atoms with Crippen molar-refractivity contribution >= 4 is 11.6 Å². The van der Waals surface area contributed by atoms with E-state index in [1.807, 2.05) is 18.2 Å². The van der Waals surface area contributed by atoms with E-state index in [-0.39, 0.29) is 0 Å². The van der Waals surface area contributed by atoms with E-state index in [9.17, 15) is 0 Å². The van der Waals surface area contributed by atoms with Gasteiger partial charge in [-0.05, 0) is 44.5 Å². The summed E-state index contributed by atoms with van der Waals surface area (Å²) in [6, 6.07) is 8.38. The van der Waals surface area contributed by atoms with Crippen molar-refractivity contribution in [1.29, 1.82) is 0 Å². The lowest BCUT2D eigenvalue weighted by Crippen LogP contribution is -2.28. The molecule has 0 saturated carbocycles. The molecule has 3 heteroatoms. The molecule has 0 aromatic heterocycles. The summed E-state index contributed by atoms with van der Waals surface area (Å²) in [6.45, 7) is 6.23. The highest BCUT2D eigenvalue weighted by atomic mass is 35.5. The Morgan fingerprint density at radius 2 is 1.94 bits per heavy atom. The smallest absolute Gasteiger partial charge is 0.0453 e. The van der Waals surface area contributed by atoms with Crippen molar-refractivity contribution in [3.63, 3.8) is 0 Å². The van der Waals surface area contributed by atoms with Crippen LogP contribution in [0.15, 0.2) is 24.3 Å². The third-order valence-corrected chi connectivity index (χ3v) is 3.62. The van der Waals surface area contributed by atoms with E-state index in [0.717, 1.165) is 24.5 Å². The zero-order valence-electron chi connectivity index (χ0n) is 11.0. The third kappa shape index (κ3) is 4.30. The minimum absolute atomic E-state index is 0.337. The van der Waals surface area contributed by atoms with E-state index in [1.165, 1.54) is 5.56 Å². The Morgan fingerprint density at radius 1 is 1.29 bits per heavy atom. The summed E-state index contributed by atoms with van der Waals surface area (Å²) in [5.41, 5.74) is 6.77. The van der Waals surface area contributed by atoms with Gasteiger partial charge >= 0.3 is 0 Å². The normalized spacial score (nSPS) is 14.9. The van der Waals surface area contributed by atoms with Crippen molar-refractivity contribution in [3.8, 4) is 0 Å². The second-order valence-electron chi connectivity index (χ2n) is 4.82. The number of nitrogens with zero attached hydrogens (tertiary/aromatic N) is 1. The molecule has 96 valence electrons. The molecule has 0 fully saturated rings. The molecule has 2 nitrogen and oxygen atoms in total. The first-order valence-corrected chi connectivity index (χ1v) is 6.58. The molecule has 17 heavy (non-hydrogen) atoms. The van der Waals surface area contributed by atoms with Crippen LogP contribution in [0.5, 0.6) is 0 Å². The Bertz CT molecular complexity index is 341. The lowest BCUT2D eigenvalue weighted by molar-refractivity contribution is 0.222. The second-order valence-corrected chi connectivity index (χ2v) is 5.23. The first-order chi connectivity index (χ1) is 8.06. The molecule has 0 saturated heterocycles. The molecule has 0 amide bonds. The van der Waals surface area contributed by atoms with Gasteiger partial charge in [-0.25, -0.2) is 0 Å².